The van der Waals surface area contributed by atoms with Crippen molar-refractivity contribution in [1.82, 2.24) is 4.90 Å². The molecule has 2 unspecified atom stereocenters. The van der Waals surface area contributed by atoms with Gasteiger partial charge in [-0.25, -0.2) is 0 Å². The molecular weight excluding hydrogens is 337 g/mol. The summed E-state index contributed by atoms with van der Waals surface area (Å²) in [6.07, 6.45) is 2.17. The Morgan fingerprint density at radius 1 is 1.04 bits per heavy atom. The Morgan fingerprint density at radius 2 is 1.73 bits per heavy atom. The number of rotatable bonds is 7. The molecule has 0 aliphatic heterocycles. The van der Waals surface area contributed by atoms with E-state index in [1.54, 1.807) is 0 Å². The molecule has 0 spiro atoms. The third kappa shape index (κ3) is 4.87. The van der Waals surface area contributed by atoms with Gasteiger partial charge in [0.05, 0.1) is 0 Å². The molecule has 0 radical (unpaired) electrons. The van der Waals surface area contributed by atoms with Crippen LogP contribution in [0.25, 0.3) is 0 Å². The Morgan fingerprint density at radius 3 is 2.35 bits per heavy atom. The molecule has 0 saturated carbocycles. The Bertz CT molecular complexity index is 769. The first-order valence-corrected chi connectivity index (χ1v) is 10.5. The molecule has 2 atom stereocenters. The SMILES string of the molecule is CCCC(C)(Pc1ccc(C)cc1CN(C)C)c1cc(C)cc(C)c1O. The van der Waals surface area contributed by atoms with E-state index >= 15 is 0 Å². The zero-order valence-corrected chi connectivity index (χ0v) is 18.4. The quantitative estimate of drug-likeness (QED) is 0.659. The van der Waals surface area contributed by atoms with Gasteiger partial charge in [0.25, 0.3) is 0 Å². The number of hydrogen-bond acceptors (Lipinski definition) is 2. The van der Waals surface area contributed by atoms with Crippen molar-refractivity contribution in [3.63, 3.8) is 0 Å². The maximum Gasteiger partial charge on any atom is 0.122 e. The molecule has 2 aromatic rings. The van der Waals surface area contributed by atoms with E-state index in [-0.39, 0.29) is 5.16 Å². The van der Waals surface area contributed by atoms with Crippen molar-refractivity contribution in [2.45, 2.75) is 59.2 Å². The predicted molar refractivity (Wildman–Crippen MR) is 116 cm³/mol. The fourth-order valence-electron chi connectivity index (χ4n) is 3.76. The molecular formula is C23H34NOP. The fourth-order valence-corrected chi connectivity index (χ4v) is 5.53. The van der Waals surface area contributed by atoms with Gasteiger partial charge < -0.3 is 10.0 Å². The van der Waals surface area contributed by atoms with E-state index in [1.165, 1.54) is 22.0 Å². The minimum absolute atomic E-state index is 0.0497. The number of phenolic OH excluding ortho intramolecular Hbond substituents is 1. The number of aromatic hydroxyl groups is 1. The first-order valence-electron chi connectivity index (χ1n) is 9.49. The van der Waals surface area contributed by atoms with Crippen LogP contribution >= 0.6 is 8.58 Å². The predicted octanol–water partition coefficient (Wildman–Crippen LogP) is 5.40. The van der Waals surface area contributed by atoms with Crippen LogP contribution in [0.15, 0.2) is 30.3 Å². The first kappa shape index (κ1) is 20.9. The summed E-state index contributed by atoms with van der Waals surface area (Å²) in [6.45, 7) is 11.8. The molecule has 0 aliphatic carbocycles. The molecule has 2 nitrogen and oxygen atoms in total. The van der Waals surface area contributed by atoms with Crippen molar-refractivity contribution >= 4 is 13.9 Å². The average molecular weight is 372 g/mol. The molecule has 26 heavy (non-hydrogen) atoms. The summed E-state index contributed by atoms with van der Waals surface area (Å²) in [6, 6.07) is 11.1. The molecule has 1 N–H and O–H groups in total. The molecule has 0 aromatic heterocycles. The summed E-state index contributed by atoms with van der Waals surface area (Å²) in [5.74, 6) is 0.473. The minimum Gasteiger partial charge on any atom is -0.507 e. The van der Waals surface area contributed by atoms with Crippen LogP contribution in [0.3, 0.4) is 0 Å². The topological polar surface area (TPSA) is 23.5 Å². The van der Waals surface area contributed by atoms with Crippen molar-refractivity contribution in [3.05, 3.63) is 58.1 Å². The van der Waals surface area contributed by atoms with Crippen molar-refractivity contribution in [3.8, 4) is 5.75 Å². The van der Waals surface area contributed by atoms with Gasteiger partial charge in [-0.2, -0.15) is 0 Å². The van der Waals surface area contributed by atoms with Crippen molar-refractivity contribution < 1.29 is 5.11 Å². The van der Waals surface area contributed by atoms with Crippen LogP contribution in [0, 0.1) is 20.8 Å². The van der Waals surface area contributed by atoms with Crippen LogP contribution in [0.1, 0.15) is 54.5 Å². The highest BCUT2D eigenvalue weighted by atomic mass is 31.1. The summed E-state index contributed by atoms with van der Waals surface area (Å²) in [7, 11) is 4.87. The molecule has 2 rings (SSSR count). The summed E-state index contributed by atoms with van der Waals surface area (Å²) in [4.78, 5) is 2.23. The van der Waals surface area contributed by atoms with Crippen LogP contribution < -0.4 is 5.30 Å². The van der Waals surface area contributed by atoms with Gasteiger partial charge in [-0.05, 0) is 57.7 Å². The van der Waals surface area contributed by atoms with Crippen molar-refractivity contribution in [1.29, 1.82) is 0 Å². The lowest BCUT2D eigenvalue weighted by molar-refractivity contribution is 0.403. The summed E-state index contributed by atoms with van der Waals surface area (Å²) in [5.41, 5.74) is 6.01. The fraction of sp³-hybridized carbons (Fsp3) is 0.478. The molecule has 0 fully saturated rings. The second-order valence-electron chi connectivity index (χ2n) is 8.08. The van der Waals surface area contributed by atoms with Gasteiger partial charge in [0, 0.05) is 17.3 Å². The Labute approximate surface area is 161 Å². The van der Waals surface area contributed by atoms with Gasteiger partial charge in [-0.1, -0.05) is 70.3 Å². The van der Waals surface area contributed by atoms with E-state index < -0.39 is 0 Å². The van der Waals surface area contributed by atoms with Gasteiger partial charge in [-0.3, -0.25) is 0 Å². The van der Waals surface area contributed by atoms with Gasteiger partial charge in [0.1, 0.15) is 5.75 Å². The van der Waals surface area contributed by atoms with Crippen LogP contribution in [0.4, 0.5) is 0 Å². The zero-order valence-electron chi connectivity index (χ0n) is 17.4. The average Bonchev–Trinajstić information content (AvgIpc) is 2.53. The lowest BCUT2D eigenvalue weighted by Gasteiger charge is -2.33. The van der Waals surface area contributed by atoms with Crippen molar-refractivity contribution in [2.75, 3.05) is 14.1 Å². The third-order valence-electron chi connectivity index (χ3n) is 4.95. The van der Waals surface area contributed by atoms with Crippen molar-refractivity contribution in [2.24, 2.45) is 0 Å². The normalized spacial score (nSPS) is 14.3. The summed E-state index contributed by atoms with van der Waals surface area (Å²) >= 11 is 0. The van der Waals surface area contributed by atoms with E-state index in [4.69, 9.17) is 0 Å². The van der Waals surface area contributed by atoms with Gasteiger partial charge in [0.2, 0.25) is 0 Å². The number of nitrogens with zero attached hydrogens (tertiary/aromatic N) is 1. The molecule has 142 valence electrons. The maximum atomic E-state index is 10.8. The van der Waals surface area contributed by atoms with Gasteiger partial charge >= 0.3 is 0 Å². The Kier molecular flexibility index (Phi) is 6.88. The molecule has 2 aromatic carbocycles. The maximum absolute atomic E-state index is 10.8. The second kappa shape index (κ2) is 8.55. The smallest absolute Gasteiger partial charge is 0.122 e. The van der Waals surface area contributed by atoms with Crippen LogP contribution in [0.5, 0.6) is 5.75 Å². The zero-order chi connectivity index (χ0) is 19.5. The summed E-state index contributed by atoms with van der Waals surface area (Å²) < 4.78 is 0. The summed E-state index contributed by atoms with van der Waals surface area (Å²) in [5, 5.41) is 12.2. The highest BCUT2D eigenvalue weighted by molar-refractivity contribution is 7.48. The van der Waals surface area contributed by atoms with Gasteiger partial charge in [0.15, 0.2) is 0 Å². The first-order chi connectivity index (χ1) is 12.2. The largest absolute Gasteiger partial charge is 0.507 e. The standard InChI is InChI=1S/C23H34NOP/c1-8-11-23(5,20-14-17(3)12-18(4)22(20)25)26-21-10-9-16(2)13-19(21)15-24(6)7/h9-10,12-14,25-26H,8,11,15H2,1-7H3. The molecule has 0 amide bonds. The molecule has 0 saturated heterocycles. The highest BCUT2D eigenvalue weighted by Gasteiger charge is 2.30. The molecule has 0 heterocycles. The molecule has 0 bridgehead atoms. The highest BCUT2D eigenvalue weighted by Crippen LogP contribution is 2.49. The monoisotopic (exact) mass is 371 g/mol. The van der Waals surface area contributed by atoms with Crippen LogP contribution in [-0.2, 0) is 11.7 Å². The lowest BCUT2D eigenvalue weighted by atomic mass is 9.91. The Hall–Kier alpha value is -1.37. The van der Waals surface area contributed by atoms with E-state index in [0.717, 1.165) is 30.5 Å². The second-order valence-corrected chi connectivity index (χ2v) is 9.98. The van der Waals surface area contributed by atoms with E-state index in [1.807, 2.05) is 6.92 Å². The Balaban J connectivity index is 2.52. The van der Waals surface area contributed by atoms with Crippen LogP contribution in [-0.4, -0.2) is 24.1 Å². The minimum atomic E-state index is -0.0497. The molecule has 0 aliphatic rings. The number of phenols is 1. The van der Waals surface area contributed by atoms with E-state index in [2.05, 4.69) is 77.0 Å². The number of benzene rings is 2. The number of hydrogen-bond donors (Lipinski definition) is 1. The third-order valence-corrected chi connectivity index (χ3v) is 6.78. The van der Waals surface area contributed by atoms with E-state index in [0.29, 0.717) is 14.3 Å². The number of aryl methyl sites for hydroxylation is 3. The van der Waals surface area contributed by atoms with E-state index in [9.17, 15) is 5.11 Å². The van der Waals surface area contributed by atoms with Crippen LogP contribution in [0.2, 0.25) is 0 Å². The van der Waals surface area contributed by atoms with Gasteiger partial charge in [-0.15, -0.1) is 0 Å². The lowest BCUT2D eigenvalue weighted by Crippen LogP contribution is -2.23. The molecule has 3 heteroatoms.